The number of unbranched alkanes of at least 4 members (excludes halogenated alkanes) is 1. The number of methoxy groups -OCH3 is 1. The van der Waals surface area contributed by atoms with Crippen LogP contribution in [-0.4, -0.2) is 22.6 Å². The first kappa shape index (κ1) is 18.0. The number of nitrogens with one attached hydrogen (secondary N) is 1. The molecule has 1 N–H and O–H groups in total. The number of benzene rings is 1. The van der Waals surface area contributed by atoms with E-state index in [4.69, 9.17) is 4.74 Å². The van der Waals surface area contributed by atoms with Gasteiger partial charge in [-0.1, -0.05) is 13.3 Å². The molecule has 0 bridgehead atoms. The molecule has 5 nitrogen and oxygen atoms in total. The van der Waals surface area contributed by atoms with Gasteiger partial charge in [-0.05, 0) is 55.7 Å². The molecule has 0 spiro atoms. The molecule has 0 saturated heterocycles. The largest absolute Gasteiger partial charge is 0.465 e. The molecule has 3 aromatic rings. The Morgan fingerprint density at radius 3 is 2.62 bits per heavy atom. The summed E-state index contributed by atoms with van der Waals surface area (Å²) in [6.45, 7) is 7.17. The average Bonchev–Trinajstić information content (AvgIpc) is 3.06. The van der Waals surface area contributed by atoms with Crippen LogP contribution in [0, 0.1) is 13.8 Å². The molecule has 0 fully saturated rings. The number of nitrogens with zero attached hydrogens (tertiary/aromatic N) is 2. The second-order valence-corrected chi connectivity index (χ2v) is 6.56. The molecule has 0 aliphatic heterocycles. The number of pyridine rings is 1. The van der Waals surface area contributed by atoms with Crippen LogP contribution in [-0.2, 0) is 11.3 Å². The highest BCUT2D eigenvalue weighted by Crippen LogP contribution is 2.30. The summed E-state index contributed by atoms with van der Waals surface area (Å²) in [6, 6.07) is 7.84. The number of carbonyl (C=O) groups is 1. The Labute approximate surface area is 154 Å². The minimum absolute atomic E-state index is 0.323. The van der Waals surface area contributed by atoms with Gasteiger partial charge >= 0.3 is 5.97 Å². The minimum Gasteiger partial charge on any atom is -0.465 e. The Kier molecular flexibility index (Phi) is 5.26. The molecule has 2 aromatic heterocycles. The second-order valence-electron chi connectivity index (χ2n) is 6.56. The molecule has 0 saturated carbocycles. The maximum Gasteiger partial charge on any atom is 0.337 e. The molecule has 3 rings (SSSR count). The molecular formula is C21H25N3O2. The van der Waals surface area contributed by atoms with Gasteiger partial charge in [-0.3, -0.25) is 0 Å². The molecule has 1 aromatic carbocycles. The van der Waals surface area contributed by atoms with E-state index in [1.165, 1.54) is 19.0 Å². The van der Waals surface area contributed by atoms with E-state index < -0.39 is 0 Å². The molecule has 136 valence electrons. The van der Waals surface area contributed by atoms with Gasteiger partial charge in [0.05, 0.1) is 18.2 Å². The fraction of sp³-hybridized carbons (Fsp3) is 0.333. The van der Waals surface area contributed by atoms with Crippen LogP contribution in [0.25, 0.3) is 10.9 Å². The molecule has 0 aliphatic rings. The van der Waals surface area contributed by atoms with Crippen molar-refractivity contribution in [3.8, 4) is 0 Å². The molecule has 26 heavy (non-hydrogen) atoms. The lowest BCUT2D eigenvalue weighted by Gasteiger charge is -2.14. The Balaban J connectivity index is 1.97. The topological polar surface area (TPSA) is 56.2 Å². The van der Waals surface area contributed by atoms with Crippen molar-refractivity contribution in [2.75, 3.05) is 12.4 Å². The Morgan fingerprint density at radius 1 is 1.23 bits per heavy atom. The van der Waals surface area contributed by atoms with Gasteiger partial charge in [0.1, 0.15) is 5.82 Å². The van der Waals surface area contributed by atoms with Crippen LogP contribution in [0.1, 0.15) is 41.3 Å². The summed E-state index contributed by atoms with van der Waals surface area (Å²) in [6.07, 6.45) is 6.27. The number of aromatic nitrogens is 2. The van der Waals surface area contributed by atoms with Crippen LogP contribution in [0.15, 0.2) is 36.7 Å². The minimum atomic E-state index is -0.323. The number of carbonyl (C=O) groups excluding carboxylic acids is 1. The van der Waals surface area contributed by atoms with Crippen molar-refractivity contribution in [3.63, 3.8) is 0 Å². The number of fused-ring (bicyclic) bond motifs is 1. The number of aryl methyl sites for hydroxylation is 3. The quantitative estimate of drug-likeness (QED) is 0.636. The monoisotopic (exact) mass is 351 g/mol. The van der Waals surface area contributed by atoms with E-state index >= 15 is 0 Å². The molecule has 5 heteroatoms. The van der Waals surface area contributed by atoms with Crippen LogP contribution >= 0.6 is 0 Å². The van der Waals surface area contributed by atoms with Gasteiger partial charge in [-0.2, -0.15) is 0 Å². The zero-order valence-electron chi connectivity index (χ0n) is 15.8. The Morgan fingerprint density at radius 2 is 1.96 bits per heavy atom. The fourth-order valence-corrected chi connectivity index (χ4v) is 3.26. The fourth-order valence-electron chi connectivity index (χ4n) is 3.26. The van der Waals surface area contributed by atoms with Crippen molar-refractivity contribution < 1.29 is 9.53 Å². The maximum atomic E-state index is 11.8. The van der Waals surface area contributed by atoms with E-state index in [-0.39, 0.29) is 5.97 Å². The van der Waals surface area contributed by atoms with Crippen molar-refractivity contribution in [3.05, 3.63) is 53.3 Å². The van der Waals surface area contributed by atoms with E-state index in [9.17, 15) is 4.79 Å². The summed E-state index contributed by atoms with van der Waals surface area (Å²) >= 11 is 0. The average molecular weight is 351 g/mol. The summed E-state index contributed by atoms with van der Waals surface area (Å²) in [7, 11) is 1.40. The second kappa shape index (κ2) is 7.60. The normalized spacial score (nSPS) is 10.9. The highest BCUT2D eigenvalue weighted by Gasteiger charge is 2.13. The van der Waals surface area contributed by atoms with E-state index in [1.807, 2.05) is 32.2 Å². The highest BCUT2D eigenvalue weighted by atomic mass is 16.5. The smallest absolute Gasteiger partial charge is 0.337 e. The molecule has 2 heterocycles. The number of ether oxygens (including phenoxy) is 1. The maximum absolute atomic E-state index is 11.8. The third-order valence-corrected chi connectivity index (χ3v) is 4.65. The zero-order chi connectivity index (χ0) is 18.7. The molecule has 0 amide bonds. The van der Waals surface area contributed by atoms with Gasteiger partial charge < -0.3 is 14.6 Å². The number of hydrogen-bond acceptors (Lipinski definition) is 4. The van der Waals surface area contributed by atoms with E-state index in [0.717, 1.165) is 41.0 Å². The molecular weight excluding hydrogens is 326 g/mol. The standard InChI is InChI=1S/C21H25N3O2/c1-5-6-10-24-11-8-17-18(24)7-9-22-20(17)23-19-14(2)12-16(13-15(19)3)21(25)26-4/h7-9,11-13H,5-6,10H2,1-4H3,(H,22,23). The van der Waals surface area contributed by atoms with E-state index in [1.54, 1.807) is 0 Å². The highest BCUT2D eigenvalue weighted by molar-refractivity contribution is 5.94. The van der Waals surface area contributed by atoms with E-state index in [2.05, 4.69) is 40.1 Å². The van der Waals surface area contributed by atoms with Crippen molar-refractivity contribution in [1.29, 1.82) is 0 Å². The zero-order valence-corrected chi connectivity index (χ0v) is 15.8. The number of anilines is 2. The molecule has 0 aliphatic carbocycles. The van der Waals surface area contributed by atoms with Crippen LogP contribution in [0.4, 0.5) is 11.5 Å². The third-order valence-electron chi connectivity index (χ3n) is 4.65. The van der Waals surface area contributed by atoms with Gasteiger partial charge in [0.15, 0.2) is 0 Å². The van der Waals surface area contributed by atoms with Crippen LogP contribution in [0.3, 0.4) is 0 Å². The summed E-state index contributed by atoms with van der Waals surface area (Å²) in [5, 5.41) is 4.56. The Hall–Kier alpha value is -2.82. The lowest BCUT2D eigenvalue weighted by atomic mass is 10.0. The van der Waals surface area contributed by atoms with Crippen LogP contribution < -0.4 is 5.32 Å². The van der Waals surface area contributed by atoms with Gasteiger partial charge in [-0.15, -0.1) is 0 Å². The summed E-state index contributed by atoms with van der Waals surface area (Å²) in [4.78, 5) is 16.3. The van der Waals surface area contributed by atoms with Crippen LogP contribution in [0.2, 0.25) is 0 Å². The van der Waals surface area contributed by atoms with E-state index in [0.29, 0.717) is 5.56 Å². The molecule has 0 unspecified atom stereocenters. The lowest BCUT2D eigenvalue weighted by Crippen LogP contribution is -2.05. The summed E-state index contributed by atoms with van der Waals surface area (Å²) in [5.74, 6) is 0.505. The van der Waals surface area contributed by atoms with Crippen LogP contribution in [0.5, 0.6) is 0 Å². The third kappa shape index (κ3) is 3.43. The van der Waals surface area contributed by atoms with Crippen molar-refractivity contribution in [1.82, 2.24) is 9.55 Å². The summed E-state index contributed by atoms with van der Waals surface area (Å²) in [5.41, 5.74) is 4.67. The van der Waals surface area contributed by atoms with Crippen molar-refractivity contribution in [2.24, 2.45) is 0 Å². The van der Waals surface area contributed by atoms with Crippen molar-refractivity contribution >= 4 is 28.4 Å². The first-order chi connectivity index (χ1) is 12.5. The van der Waals surface area contributed by atoms with Gasteiger partial charge in [-0.25, -0.2) is 9.78 Å². The number of hydrogen-bond donors (Lipinski definition) is 1. The first-order valence-corrected chi connectivity index (χ1v) is 8.95. The first-order valence-electron chi connectivity index (χ1n) is 8.95. The number of rotatable bonds is 6. The molecule has 0 radical (unpaired) electrons. The van der Waals surface area contributed by atoms with Gasteiger partial charge in [0.2, 0.25) is 0 Å². The molecule has 0 atom stereocenters. The van der Waals surface area contributed by atoms with Crippen molar-refractivity contribution in [2.45, 2.75) is 40.2 Å². The Bertz CT molecular complexity index is 921. The number of esters is 1. The predicted molar refractivity (Wildman–Crippen MR) is 105 cm³/mol. The van der Waals surface area contributed by atoms with Gasteiger partial charge in [0, 0.05) is 30.0 Å². The summed E-state index contributed by atoms with van der Waals surface area (Å²) < 4.78 is 7.09. The predicted octanol–water partition coefficient (Wildman–Crippen LogP) is 4.98. The van der Waals surface area contributed by atoms with Gasteiger partial charge in [0.25, 0.3) is 0 Å². The SMILES string of the molecule is CCCCn1ccc2c(Nc3c(C)cc(C(=O)OC)cc3C)nccc21. The lowest BCUT2D eigenvalue weighted by molar-refractivity contribution is 0.0600.